The Kier molecular flexibility index (Phi) is 18.2. The predicted molar refractivity (Wildman–Crippen MR) is 168 cm³/mol. The molecule has 2 atom stereocenters. The second-order valence-electron chi connectivity index (χ2n) is 12.2. The van der Waals surface area contributed by atoms with Crippen LogP contribution in [-0.2, 0) is 15.8 Å². The van der Waals surface area contributed by atoms with Gasteiger partial charge in [-0.3, -0.25) is 0 Å². The first-order chi connectivity index (χ1) is 18.6. The maximum atomic E-state index is 9.32. The molecule has 0 saturated heterocycles. The molecule has 0 N–H and O–H groups in total. The van der Waals surface area contributed by atoms with E-state index in [-0.39, 0.29) is 11.1 Å². The zero-order chi connectivity index (χ0) is 29.0. The second kappa shape index (κ2) is 20.1. The van der Waals surface area contributed by atoms with Crippen molar-refractivity contribution in [2.24, 2.45) is 5.11 Å². The van der Waals surface area contributed by atoms with E-state index in [1.54, 1.807) is 7.11 Å². The first kappa shape index (κ1) is 35.2. The highest BCUT2D eigenvalue weighted by Crippen LogP contribution is 2.36. The number of nitrogens with zero attached hydrogens (tertiary/aromatic N) is 3. The van der Waals surface area contributed by atoms with Crippen LogP contribution in [0.25, 0.3) is 10.4 Å². The number of hydrogen-bond acceptors (Lipinski definition) is 4. The molecule has 0 amide bonds. The van der Waals surface area contributed by atoms with Crippen LogP contribution in [0.5, 0.6) is 5.75 Å². The van der Waals surface area contributed by atoms with Crippen LogP contribution in [-0.4, -0.2) is 34.2 Å². The lowest BCUT2D eigenvalue weighted by Gasteiger charge is -2.37. The molecule has 222 valence electrons. The quantitative estimate of drug-likeness (QED) is 0.0354. The van der Waals surface area contributed by atoms with Crippen LogP contribution in [0, 0.1) is 0 Å². The van der Waals surface area contributed by atoms with Crippen LogP contribution in [0.2, 0.25) is 18.1 Å². The normalized spacial score (nSPS) is 13.8. The van der Waals surface area contributed by atoms with E-state index >= 15 is 0 Å². The van der Waals surface area contributed by atoms with Gasteiger partial charge in [-0.1, -0.05) is 121 Å². The average molecular weight is 560 g/mol. The molecule has 1 rings (SSSR count). The summed E-state index contributed by atoms with van der Waals surface area (Å²) in [6, 6.07) is 7.44. The minimum absolute atomic E-state index is 0.0816. The lowest BCUT2D eigenvalue weighted by Crippen LogP contribution is -2.44. The summed E-state index contributed by atoms with van der Waals surface area (Å²) in [6.45, 7) is 14.1. The Labute approximate surface area is 240 Å². The Morgan fingerprint density at radius 2 is 1.49 bits per heavy atom. The number of ether oxygens (including phenoxy) is 2. The summed E-state index contributed by atoms with van der Waals surface area (Å²) in [7, 11) is -0.327. The standard InChI is InChI=1S/C32H57N3O3Si/c1-8-9-10-11-12-13-14-15-16-17-18-19-20-21-31(37-26-28-22-24-29(36-5)25-23-28)30(34-35-33)27-38-39(6,7)32(2,3)4/h20-25,30-31H,8-19,26-27H2,1-7H3/b21-20+/t30-,31+/m0/s1. The molecular weight excluding hydrogens is 502 g/mol. The molecule has 0 heterocycles. The molecule has 39 heavy (non-hydrogen) atoms. The van der Waals surface area contributed by atoms with E-state index in [1.165, 1.54) is 70.6 Å². The Morgan fingerprint density at radius 3 is 2.00 bits per heavy atom. The average Bonchev–Trinajstić information content (AvgIpc) is 2.90. The topological polar surface area (TPSA) is 76.5 Å². The van der Waals surface area contributed by atoms with Gasteiger partial charge in [-0.15, -0.1) is 0 Å². The first-order valence-electron chi connectivity index (χ1n) is 15.2. The molecule has 1 aromatic rings. The van der Waals surface area contributed by atoms with Crippen LogP contribution in [0.1, 0.15) is 110 Å². The number of methoxy groups -OCH3 is 1. The van der Waals surface area contributed by atoms with Crippen molar-refractivity contribution in [2.45, 2.75) is 142 Å². The Bertz CT molecular complexity index is 830. The van der Waals surface area contributed by atoms with Crippen molar-refractivity contribution in [1.29, 1.82) is 0 Å². The highest BCUT2D eigenvalue weighted by atomic mass is 28.4. The van der Waals surface area contributed by atoms with Gasteiger partial charge in [0, 0.05) is 11.5 Å². The number of benzene rings is 1. The van der Waals surface area contributed by atoms with Gasteiger partial charge in [-0.2, -0.15) is 0 Å². The van der Waals surface area contributed by atoms with Crippen molar-refractivity contribution in [2.75, 3.05) is 13.7 Å². The number of unbranched alkanes of at least 4 members (excludes halogenated alkanes) is 11. The third-order valence-corrected chi connectivity index (χ3v) is 12.4. The number of azide groups is 1. The van der Waals surface area contributed by atoms with E-state index in [0.29, 0.717) is 13.2 Å². The van der Waals surface area contributed by atoms with Gasteiger partial charge < -0.3 is 13.9 Å². The Hall–Kier alpha value is -1.79. The lowest BCUT2D eigenvalue weighted by atomic mass is 10.0. The van der Waals surface area contributed by atoms with Crippen molar-refractivity contribution in [1.82, 2.24) is 0 Å². The summed E-state index contributed by atoms with van der Waals surface area (Å²) in [5.74, 6) is 0.817. The van der Waals surface area contributed by atoms with Gasteiger partial charge in [0.05, 0.1) is 25.9 Å². The fourth-order valence-corrected chi connectivity index (χ4v) is 5.16. The van der Waals surface area contributed by atoms with Crippen LogP contribution in [0.15, 0.2) is 41.5 Å². The monoisotopic (exact) mass is 559 g/mol. The van der Waals surface area contributed by atoms with E-state index in [9.17, 15) is 5.53 Å². The molecule has 0 aromatic heterocycles. The second-order valence-corrected chi connectivity index (χ2v) is 17.0. The van der Waals surface area contributed by atoms with E-state index in [2.05, 4.69) is 63.0 Å². The zero-order valence-corrected chi connectivity index (χ0v) is 27.1. The third kappa shape index (κ3) is 15.5. The minimum Gasteiger partial charge on any atom is -0.497 e. The molecule has 0 aliphatic rings. The molecule has 0 aliphatic carbocycles. The van der Waals surface area contributed by atoms with Crippen LogP contribution < -0.4 is 4.74 Å². The summed E-state index contributed by atoms with van der Waals surface area (Å²) in [6.07, 6.45) is 19.7. The molecule has 0 fully saturated rings. The van der Waals surface area contributed by atoms with Gasteiger partial charge in [0.2, 0.25) is 0 Å². The summed E-state index contributed by atoms with van der Waals surface area (Å²) in [5.41, 5.74) is 10.4. The summed E-state index contributed by atoms with van der Waals surface area (Å²) in [5, 5.41) is 4.19. The highest BCUT2D eigenvalue weighted by Gasteiger charge is 2.38. The molecule has 0 bridgehead atoms. The van der Waals surface area contributed by atoms with Crippen molar-refractivity contribution in [3.8, 4) is 5.75 Å². The summed E-state index contributed by atoms with van der Waals surface area (Å²) < 4.78 is 18.0. The molecule has 0 unspecified atom stereocenters. The SMILES string of the molecule is CCCCCCCCCCCCC/C=C/[C@@H](OCc1ccc(OC)cc1)[C@H](CO[Si](C)(C)C(C)(C)C)N=[N+]=[N-]. The van der Waals surface area contributed by atoms with Crippen molar-refractivity contribution in [3.63, 3.8) is 0 Å². The Balaban J connectivity index is 2.64. The molecule has 6 nitrogen and oxygen atoms in total. The molecule has 0 aliphatic heterocycles. The summed E-state index contributed by atoms with van der Waals surface area (Å²) in [4.78, 5) is 3.14. The van der Waals surface area contributed by atoms with Crippen molar-refractivity contribution in [3.05, 3.63) is 52.4 Å². The van der Waals surface area contributed by atoms with Crippen LogP contribution in [0.4, 0.5) is 0 Å². The van der Waals surface area contributed by atoms with E-state index in [0.717, 1.165) is 17.7 Å². The molecule has 0 spiro atoms. The van der Waals surface area contributed by atoms with Gasteiger partial charge in [-0.25, -0.2) is 0 Å². The van der Waals surface area contributed by atoms with Gasteiger partial charge in [0.15, 0.2) is 8.32 Å². The molecule has 0 saturated carbocycles. The van der Waals surface area contributed by atoms with Crippen LogP contribution >= 0.6 is 0 Å². The molecule has 0 radical (unpaired) electrons. The lowest BCUT2D eigenvalue weighted by molar-refractivity contribution is 0.0417. The van der Waals surface area contributed by atoms with Gasteiger partial charge in [-0.05, 0) is 54.2 Å². The minimum atomic E-state index is -1.99. The van der Waals surface area contributed by atoms with E-state index in [4.69, 9.17) is 13.9 Å². The maximum Gasteiger partial charge on any atom is 0.191 e. The fourth-order valence-electron chi connectivity index (χ4n) is 4.14. The van der Waals surface area contributed by atoms with Gasteiger partial charge in [0.25, 0.3) is 0 Å². The van der Waals surface area contributed by atoms with Crippen molar-refractivity contribution >= 4 is 8.32 Å². The van der Waals surface area contributed by atoms with Gasteiger partial charge >= 0.3 is 0 Å². The van der Waals surface area contributed by atoms with Crippen molar-refractivity contribution < 1.29 is 13.9 Å². The smallest absolute Gasteiger partial charge is 0.191 e. The maximum absolute atomic E-state index is 9.32. The zero-order valence-electron chi connectivity index (χ0n) is 26.1. The molecular formula is C32H57N3O3Si. The van der Waals surface area contributed by atoms with Gasteiger partial charge in [0.1, 0.15) is 5.75 Å². The summed E-state index contributed by atoms with van der Waals surface area (Å²) >= 11 is 0. The fraction of sp³-hybridized carbons (Fsp3) is 0.750. The molecule has 1 aromatic carbocycles. The first-order valence-corrected chi connectivity index (χ1v) is 18.1. The number of rotatable bonds is 22. The van der Waals surface area contributed by atoms with E-state index < -0.39 is 14.4 Å². The largest absolute Gasteiger partial charge is 0.497 e. The number of allylic oxidation sites excluding steroid dienone is 1. The Morgan fingerprint density at radius 1 is 0.923 bits per heavy atom. The van der Waals surface area contributed by atoms with Crippen LogP contribution in [0.3, 0.4) is 0 Å². The molecule has 7 heteroatoms. The highest BCUT2D eigenvalue weighted by molar-refractivity contribution is 6.74. The third-order valence-electron chi connectivity index (χ3n) is 7.90. The number of hydrogen-bond donors (Lipinski definition) is 0. The van der Waals surface area contributed by atoms with E-state index in [1.807, 2.05) is 24.3 Å². The predicted octanol–water partition coefficient (Wildman–Crippen LogP) is 10.5.